The van der Waals surface area contributed by atoms with E-state index in [1.54, 1.807) is 11.3 Å². The monoisotopic (exact) mass is 339 g/mol. The number of carbonyl (C=O) groups is 2. The zero-order valence-corrected chi connectivity index (χ0v) is 14.8. The zero-order valence-electron chi connectivity index (χ0n) is 14.0. The number of thiazole rings is 1. The van der Waals surface area contributed by atoms with Crippen LogP contribution in [0.3, 0.4) is 0 Å². The molecule has 128 valence electrons. The molecule has 0 aliphatic carbocycles. The summed E-state index contributed by atoms with van der Waals surface area (Å²) in [7, 11) is 0. The third-order valence-electron chi connectivity index (χ3n) is 3.91. The van der Waals surface area contributed by atoms with Gasteiger partial charge in [-0.25, -0.2) is 9.78 Å². The molecule has 1 aromatic rings. The molecule has 0 aromatic carbocycles. The highest BCUT2D eigenvalue weighted by Gasteiger charge is 2.25. The van der Waals surface area contributed by atoms with Gasteiger partial charge in [-0.05, 0) is 27.2 Å². The fourth-order valence-electron chi connectivity index (χ4n) is 2.59. The van der Waals surface area contributed by atoms with Crippen LogP contribution >= 0.6 is 11.3 Å². The first-order valence-electron chi connectivity index (χ1n) is 8.01. The predicted molar refractivity (Wildman–Crippen MR) is 91.9 cm³/mol. The number of aromatic nitrogens is 1. The number of hydrogen-bond acceptors (Lipinski definition) is 6. The van der Waals surface area contributed by atoms with Gasteiger partial charge in [0.15, 0.2) is 5.13 Å². The van der Waals surface area contributed by atoms with Gasteiger partial charge in [-0.3, -0.25) is 15.0 Å². The van der Waals surface area contributed by atoms with Crippen LogP contribution in [0.2, 0.25) is 0 Å². The van der Waals surface area contributed by atoms with Gasteiger partial charge >= 0.3 is 6.03 Å². The van der Waals surface area contributed by atoms with Crippen LogP contribution in [0, 0.1) is 6.92 Å². The van der Waals surface area contributed by atoms with Crippen molar-refractivity contribution in [2.75, 3.05) is 37.6 Å². The molecule has 1 aromatic heterocycles. The lowest BCUT2D eigenvalue weighted by Crippen LogP contribution is -2.50. The van der Waals surface area contributed by atoms with Crippen molar-refractivity contribution in [3.8, 4) is 0 Å². The van der Waals surface area contributed by atoms with Crippen LogP contribution in [0.15, 0.2) is 5.38 Å². The number of anilines is 1. The number of carbonyl (C=O) groups excluding carboxylic acids is 2. The van der Waals surface area contributed by atoms with Crippen molar-refractivity contribution < 1.29 is 9.59 Å². The molecule has 0 radical (unpaired) electrons. The van der Waals surface area contributed by atoms with E-state index in [2.05, 4.69) is 30.8 Å². The number of imide groups is 1. The van der Waals surface area contributed by atoms with Crippen LogP contribution in [-0.2, 0) is 4.79 Å². The molecular formula is C15H25N5O2S. The van der Waals surface area contributed by atoms with Crippen LogP contribution in [0.5, 0.6) is 0 Å². The lowest BCUT2D eigenvalue weighted by atomic mass is 10.2. The number of urea groups is 1. The summed E-state index contributed by atoms with van der Waals surface area (Å²) < 4.78 is 0. The van der Waals surface area contributed by atoms with Gasteiger partial charge in [-0.1, -0.05) is 0 Å². The normalized spacial score (nSPS) is 17.4. The van der Waals surface area contributed by atoms with Gasteiger partial charge in [-0.2, -0.15) is 0 Å². The maximum atomic E-state index is 12.2. The SMILES string of the molecule is CCNC(=O)NC(=O)[C@H](C)N1CCCN(c2nc(C)cs2)CC1. The fraction of sp³-hybridized carbons (Fsp3) is 0.667. The Kier molecular flexibility index (Phi) is 6.35. The second kappa shape index (κ2) is 8.26. The van der Waals surface area contributed by atoms with Crippen molar-refractivity contribution in [3.05, 3.63) is 11.1 Å². The van der Waals surface area contributed by atoms with Crippen molar-refractivity contribution in [2.45, 2.75) is 33.2 Å². The summed E-state index contributed by atoms with van der Waals surface area (Å²) >= 11 is 1.66. The summed E-state index contributed by atoms with van der Waals surface area (Å²) in [4.78, 5) is 32.6. The Morgan fingerprint density at radius 3 is 2.78 bits per heavy atom. The minimum atomic E-state index is -0.431. The quantitative estimate of drug-likeness (QED) is 0.862. The highest BCUT2D eigenvalue weighted by Crippen LogP contribution is 2.21. The highest BCUT2D eigenvalue weighted by atomic mass is 32.1. The first-order chi connectivity index (χ1) is 11.0. The van der Waals surface area contributed by atoms with E-state index < -0.39 is 6.03 Å². The van der Waals surface area contributed by atoms with Gasteiger partial charge in [-0.15, -0.1) is 11.3 Å². The number of rotatable bonds is 4. The molecule has 1 atom stereocenters. The Morgan fingerprint density at radius 1 is 1.35 bits per heavy atom. The predicted octanol–water partition coefficient (Wildman–Crippen LogP) is 1.20. The molecule has 7 nitrogen and oxygen atoms in total. The first kappa shape index (κ1) is 17.7. The third-order valence-corrected chi connectivity index (χ3v) is 4.93. The van der Waals surface area contributed by atoms with Crippen molar-refractivity contribution in [2.24, 2.45) is 0 Å². The van der Waals surface area contributed by atoms with E-state index in [1.807, 2.05) is 20.8 Å². The van der Waals surface area contributed by atoms with Gasteiger partial charge < -0.3 is 10.2 Å². The van der Waals surface area contributed by atoms with E-state index in [1.165, 1.54) is 0 Å². The van der Waals surface area contributed by atoms with E-state index in [0.717, 1.165) is 43.4 Å². The Labute approximate surface area is 141 Å². The first-order valence-corrected chi connectivity index (χ1v) is 8.89. The molecule has 0 saturated carbocycles. The fourth-order valence-corrected chi connectivity index (χ4v) is 3.45. The molecule has 1 fully saturated rings. The molecule has 3 amide bonds. The van der Waals surface area contributed by atoms with E-state index in [-0.39, 0.29) is 11.9 Å². The lowest BCUT2D eigenvalue weighted by Gasteiger charge is -2.26. The van der Waals surface area contributed by atoms with Crippen LogP contribution in [-0.4, -0.2) is 60.6 Å². The molecule has 2 N–H and O–H groups in total. The number of hydrogen-bond donors (Lipinski definition) is 2. The van der Waals surface area contributed by atoms with E-state index in [0.29, 0.717) is 6.54 Å². The van der Waals surface area contributed by atoms with E-state index in [4.69, 9.17) is 0 Å². The third kappa shape index (κ3) is 4.90. The molecule has 1 aliphatic heterocycles. The van der Waals surface area contributed by atoms with Gasteiger partial charge in [0, 0.05) is 38.1 Å². The van der Waals surface area contributed by atoms with Crippen LogP contribution in [0.4, 0.5) is 9.93 Å². The summed E-state index contributed by atoms with van der Waals surface area (Å²) in [6.45, 7) is 9.56. The van der Waals surface area contributed by atoms with Crippen LogP contribution in [0.1, 0.15) is 26.0 Å². The molecule has 23 heavy (non-hydrogen) atoms. The smallest absolute Gasteiger partial charge is 0.321 e. The number of aryl methyl sites for hydroxylation is 1. The summed E-state index contributed by atoms with van der Waals surface area (Å²) in [5.41, 5.74) is 1.04. The Morgan fingerprint density at radius 2 is 2.13 bits per heavy atom. The largest absolute Gasteiger partial charge is 0.347 e. The summed E-state index contributed by atoms with van der Waals surface area (Å²) in [6, 6.07) is -0.755. The molecule has 2 heterocycles. The van der Waals surface area contributed by atoms with Crippen molar-refractivity contribution in [3.63, 3.8) is 0 Å². The van der Waals surface area contributed by atoms with E-state index in [9.17, 15) is 9.59 Å². The standard InChI is InChI=1S/C15H25N5O2S/c1-4-16-14(22)18-13(21)12(3)19-6-5-7-20(9-8-19)15-17-11(2)10-23-15/h10,12H,4-9H2,1-3H3,(H2,16,18,21,22)/t12-/m0/s1. The summed E-state index contributed by atoms with van der Waals surface area (Å²) in [5, 5.41) is 8.06. The van der Waals surface area contributed by atoms with Gasteiger partial charge in [0.05, 0.1) is 11.7 Å². The second-order valence-electron chi connectivity index (χ2n) is 5.67. The number of amides is 3. The molecule has 0 bridgehead atoms. The maximum Gasteiger partial charge on any atom is 0.321 e. The number of nitrogens with zero attached hydrogens (tertiary/aromatic N) is 3. The van der Waals surface area contributed by atoms with Gasteiger partial charge in [0.2, 0.25) is 5.91 Å². The average molecular weight is 339 g/mol. The lowest BCUT2D eigenvalue weighted by molar-refractivity contribution is -0.124. The molecule has 2 rings (SSSR count). The molecule has 0 unspecified atom stereocenters. The second-order valence-corrected chi connectivity index (χ2v) is 6.51. The summed E-state index contributed by atoms with van der Waals surface area (Å²) in [5.74, 6) is -0.255. The Balaban J connectivity index is 1.89. The van der Waals surface area contributed by atoms with Crippen molar-refractivity contribution in [1.29, 1.82) is 0 Å². The van der Waals surface area contributed by atoms with Gasteiger partial charge in [0.1, 0.15) is 0 Å². The van der Waals surface area contributed by atoms with E-state index >= 15 is 0 Å². The maximum absolute atomic E-state index is 12.2. The average Bonchev–Trinajstić information content (AvgIpc) is 2.80. The molecule has 1 aliphatic rings. The summed E-state index contributed by atoms with van der Waals surface area (Å²) in [6.07, 6.45) is 0.970. The highest BCUT2D eigenvalue weighted by molar-refractivity contribution is 7.13. The van der Waals surface area contributed by atoms with Crippen LogP contribution < -0.4 is 15.5 Å². The number of nitrogens with one attached hydrogen (secondary N) is 2. The zero-order chi connectivity index (χ0) is 16.8. The molecule has 0 spiro atoms. The Bertz CT molecular complexity index is 548. The Hall–Kier alpha value is -1.67. The molecular weight excluding hydrogens is 314 g/mol. The topological polar surface area (TPSA) is 77.6 Å². The van der Waals surface area contributed by atoms with Crippen LogP contribution in [0.25, 0.3) is 0 Å². The molecule has 8 heteroatoms. The minimum Gasteiger partial charge on any atom is -0.347 e. The minimum absolute atomic E-state index is 0.255. The van der Waals surface area contributed by atoms with Crippen molar-refractivity contribution in [1.82, 2.24) is 20.5 Å². The van der Waals surface area contributed by atoms with Crippen molar-refractivity contribution >= 4 is 28.4 Å². The molecule has 1 saturated heterocycles. The van der Waals surface area contributed by atoms with Gasteiger partial charge in [0.25, 0.3) is 0 Å².